The van der Waals surface area contributed by atoms with Gasteiger partial charge in [-0.15, -0.1) is 0 Å². The predicted octanol–water partition coefficient (Wildman–Crippen LogP) is 2.26. The Morgan fingerprint density at radius 3 is 2.48 bits per heavy atom. The van der Waals surface area contributed by atoms with E-state index < -0.39 is 24.0 Å². The normalized spacial score (nSPS) is 13.3. The lowest BCUT2D eigenvalue weighted by molar-refractivity contribution is -0.142. The van der Waals surface area contributed by atoms with Gasteiger partial charge in [0, 0.05) is 12.3 Å². The molecule has 0 aliphatic heterocycles. The van der Waals surface area contributed by atoms with Gasteiger partial charge in [0.25, 0.3) is 5.56 Å². The quantitative estimate of drug-likeness (QED) is 0.730. The Kier molecular flexibility index (Phi) is 7.51. The standard InChI is InChI=1S/C17H26N2O4/c1-4-6-8-13(17(22)23)18-16(21)14(7-5-2)19-10-9-12(3)11-15(19)20/h9-11,13-14H,4-8H2,1-3H3,(H,18,21)(H,22,23). The maximum atomic E-state index is 12.5. The zero-order chi connectivity index (χ0) is 17.4. The van der Waals surface area contributed by atoms with Crippen LogP contribution in [0.1, 0.15) is 57.6 Å². The molecule has 0 aliphatic carbocycles. The number of hydrogen-bond donors (Lipinski definition) is 2. The highest BCUT2D eigenvalue weighted by atomic mass is 16.4. The van der Waals surface area contributed by atoms with E-state index in [1.165, 1.54) is 10.6 Å². The van der Waals surface area contributed by atoms with Gasteiger partial charge < -0.3 is 15.0 Å². The fourth-order valence-corrected chi connectivity index (χ4v) is 2.45. The van der Waals surface area contributed by atoms with Crippen LogP contribution in [0.15, 0.2) is 23.1 Å². The summed E-state index contributed by atoms with van der Waals surface area (Å²) >= 11 is 0. The summed E-state index contributed by atoms with van der Waals surface area (Å²) in [7, 11) is 0. The summed E-state index contributed by atoms with van der Waals surface area (Å²) < 4.78 is 1.38. The number of aliphatic carboxylic acids is 1. The number of unbranched alkanes of at least 4 members (excludes halogenated alkanes) is 1. The SMILES string of the molecule is CCCCC(NC(=O)C(CCC)n1ccc(C)cc1=O)C(=O)O. The van der Waals surface area contributed by atoms with Crippen molar-refractivity contribution in [3.05, 3.63) is 34.2 Å². The van der Waals surface area contributed by atoms with E-state index in [-0.39, 0.29) is 5.56 Å². The van der Waals surface area contributed by atoms with Crippen molar-refractivity contribution in [3.63, 3.8) is 0 Å². The van der Waals surface area contributed by atoms with Crippen LogP contribution in [0.2, 0.25) is 0 Å². The number of carbonyl (C=O) groups excluding carboxylic acids is 1. The van der Waals surface area contributed by atoms with E-state index in [0.717, 1.165) is 18.4 Å². The zero-order valence-electron chi connectivity index (χ0n) is 14.0. The molecular weight excluding hydrogens is 296 g/mol. The van der Waals surface area contributed by atoms with E-state index >= 15 is 0 Å². The minimum absolute atomic E-state index is 0.251. The van der Waals surface area contributed by atoms with Gasteiger partial charge in [0.1, 0.15) is 12.1 Å². The van der Waals surface area contributed by atoms with Gasteiger partial charge in [-0.25, -0.2) is 4.79 Å². The largest absolute Gasteiger partial charge is 0.480 e. The third-order valence-electron chi connectivity index (χ3n) is 3.77. The number of aromatic nitrogens is 1. The zero-order valence-corrected chi connectivity index (χ0v) is 14.0. The Balaban J connectivity index is 2.97. The number of nitrogens with zero attached hydrogens (tertiary/aromatic N) is 1. The Morgan fingerprint density at radius 1 is 1.26 bits per heavy atom. The van der Waals surface area contributed by atoms with Crippen molar-refractivity contribution in [1.29, 1.82) is 0 Å². The smallest absolute Gasteiger partial charge is 0.326 e. The fourth-order valence-electron chi connectivity index (χ4n) is 2.45. The highest BCUT2D eigenvalue weighted by Crippen LogP contribution is 2.13. The van der Waals surface area contributed by atoms with Crippen molar-refractivity contribution in [2.45, 2.75) is 65.0 Å². The average molecular weight is 322 g/mol. The van der Waals surface area contributed by atoms with Crippen LogP contribution in [0.25, 0.3) is 0 Å². The van der Waals surface area contributed by atoms with Gasteiger partial charge in [-0.05, 0) is 31.4 Å². The van der Waals surface area contributed by atoms with Crippen molar-refractivity contribution in [2.24, 2.45) is 0 Å². The van der Waals surface area contributed by atoms with Crippen LogP contribution in [0, 0.1) is 6.92 Å². The Labute approximate surface area is 136 Å². The van der Waals surface area contributed by atoms with E-state index in [2.05, 4.69) is 5.32 Å². The lowest BCUT2D eigenvalue weighted by Gasteiger charge is -2.22. The summed E-state index contributed by atoms with van der Waals surface area (Å²) in [6.07, 6.45) is 4.76. The van der Waals surface area contributed by atoms with Crippen molar-refractivity contribution in [3.8, 4) is 0 Å². The first kappa shape index (κ1) is 18.9. The molecule has 6 nitrogen and oxygen atoms in total. The van der Waals surface area contributed by atoms with Crippen LogP contribution < -0.4 is 10.9 Å². The average Bonchev–Trinajstić information content (AvgIpc) is 2.49. The number of amides is 1. The first-order valence-electron chi connectivity index (χ1n) is 8.12. The molecule has 1 aromatic heterocycles. The van der Waals surface area contributed by atoms with Crippen LogP contribution in [0.3, 0.4) is 0 Å². The molecule has 0 radical (unpaired) electrons. The number of aryl methyl sites for hydroxylation is 1. The molecule has 1 heterocycles. The second-order valence-electron chi connectivity index (χ2n) is 5.80. The number of carboxylic acids is 1. The summed E-state index contributed by atoms with van der Waals surface area (Å²) in [6.45, 7) is 5.70. The maximum Gasteiger partial charge on any atom is 0.326 e. The summed E-state index contributed by atoms with van der Waals surface area (Å²) in [5.41, 5.74) is 0.576. The summed E-state index contributed by atoms with van der Waals surface area (Å²) in [5, 5.41) is 11.8. The molecule has 1 amide bonds. The molecule has 128 valence electrons. The Morgan fingerprint density at radius 2 is 1.96 bits per heavy atom. The Bertz CT molecular complexity index is 595. The third-order valence-corrected chi connectivity index (χ3v) is 3.77. The molecule has 0 saturated carbocycles. The molecule has 1 aromatic rings. The molecule has 0 saturated heterocycles. The van der Waals surface area contributed by atoms with Gasteiger partial charge >= 0.3 is 5.97 Å². The Hall–Kier alpha value is -2.11. The van der Waals surface area contributed by atoms with E-state index in [9.17, 15) is 19.5 Å². The van der Waals surface area contributed by atoms with Gasteiger partial charge in [0.2, 0.25) is 5.91 Å². The van der Waals surface area contributed by atoms with E-state index in [4.69, 9.17) is 0 Å². The van der Waals surface area contributed by atoms with Crippen LogP contribution in [0.4, 0.5) is 0 Å². The lowest BCUT2D eigenvalue weighted by Crippen LogP contribution is -2.45. The molecule has 2 N–H and O–H groups in total. The number of rotatable bonds is 9. The van der Waals surface area contributed by atoms with Crippen LogP contribution >= 0.6 is 0 Å². The molecule has 0 bridgehead atoms. The molecule has 0 spiro atoms. The van der Waals surface area contributed by atoms with Gasteiger partial charge in [-0.2, -0.15) is 0 Å². The molecule has 23 heavy (non-hydrogen) atoms. The minimum Gasteiger partial charge on any atom is -0.480 e. The summed E-state index contributed by atoms with van der Waals surface area (Å²) in [5.74, 6) is -1.46. The number of nitrogens with one attached hydrogen (secondary N) is 1. The van der Waals surface area contributed by atoms with Crippen LogP contribution in [-0.2, 0) is 9.59 Å². The number of pyridine rings is 1. The lowest BCUT2D eigenvalue weighted by atomic mass is 10.1. The first-order chi connectivity index (χ1) is 10.9. The van der Waals surface area contributed by atoms with Crippen molar-refractivity contribution in [2.75, 3.05) is 0 Å². The third kappa shape index (κ3) is 5.54. The number of hydrogen-bond acceptors (Lipinski definition) is 3. The van der Waals surface area contributed by atoms with Crippen LogP contribution in [-0.4, -0.2) is 27.6 Å². The van der Waals surface area contributed by atoms with Gasteiger partial charge in [0.05, 0.1) is 0 Å². The second kappa shape index (κ2) is 9.12. The first-order valence-corrected chi connectivity index (χ1v) is 8.12. The fraction of sp³-hybridized carbons (Fsp3) is 0.588. The number of carbonyl (C=O) groups is 2. The highest BCUT2D eigenvalue weighted by Gasteiger charge is 2.26. The second-order valence-corrected chi connectivity index (χ2v) is 5.80. The van der Waals surface area contributed by atoms with E-state index in [1.54, 1.807) is 12.3 Å². The summed E-state index contributed by atoms with van der Waals surface area (Å²) in [4.78, 5) is 35.9. The van der Waals surface area contributed by atoms with Crippen molar-refractivity contribution in [1.82, 2.24) is 9.88 Å². The minimum atomic E-state index is -1.04. The maximum absolute atomic E-state index is 12.5. The van der Waals surface area contributed by atoms with E-state index in [0.29, 0.717) is 19.3 Å². The van der Waals surface area contributed by atoms with Crippen molar-refractivity contribution < 1.29 is 14.7 Å². The summed E-state index contributed by atoms with van der Waals surface area (Å²) in [6, 6.07) is 1.64. The van der Waals surface area contributed by atoms with Gasteiger partial charge in [-0.3, -0.25) is 9.59 Å². The molecule has 2 unspecified atom stereocenters. The number of carboxylic acid groups (broad SMARTS) is 1. The van der Waals surface area contributed by atoms with Gasteiger partial charge in [-0.1, -0.05) is 33.1 Å². The van der Waals surface area contributed by atoms with E-state index in [1.807, 2.05) is 20.8 Å². The topological polar surface area (TPSA) is 88.4 Å². The molecule has 0 fully saturated rings. The molecule has 0 aromatic carbocycles. The van der Waals surface area contributed by atoms with Gasteiger partial charge in [0.15, 0.2) is 0 Å². The molecule has 2 atom stereocenters. The molecular formula is C17H26N2O4. The monoisotopic (exact) mass is 322 g/mol. The predicted molar refractivity (Wildman–Crippen MR) is 88.5 cm³/mol. The van der Waals surface area contributed by atoms with Crippen LogP contribution in [0.5, 0.6) is 0 Å². The molecule has 6 heteroatoms. The molecule has 1 rings (SSSR count). The van der Waals surface area contributed by atoms with Crippen molar-refractivity contribution >= 4 is 11.9 Å². The highest BCUT2D eigenvalue weighted by molar-refractivity contribution is 5.85. The molecule has 0 aliphatic rings.